The number of aromatic nitrogens is 2. The number of nitrogens with one attached hydrogen (secondary N) is 1. The Balaban J connectivity index is 1.36. The molecule has 0 spiro atoms. The summed E-state index contributed by atoms with van der Waals surface area (Å²) in [4.78, 5) is 38.9. The van der Waals surface area contributed by atoms with Gasteiger partial charge in [-0.25, -0.2) is 9.97 Å². The molecule has 5 heterocycles. The van der Waals surface area contributed by atoms with Crippen LogP contribution in [0, 0.1) is 11.8 Å². The van der Waals surface area contributed by atoms with Crippen LogP contribution in [-0.2, 0) is 22.7 Å². The number of hydrogen-bond acceptors (Lipinski definition) is 6. The summed E-state index contributed by atoms with van der Waals surface area (Å²) in [5, 5.41) is 7.18. The second-order valence-corrected chi connectivity index (χ2v) is 9.53. The molecule has 3 saturated heterocycles. The molecule has 30 heavy (non-hydrogen) atoms. The van der Waals surface area contributed by atoms with Crippen molar-refractivity contribution in [2.45, 2.75) is 50.9 Å². The molecule has 7 nitrogen and oxygen atoms in total. The Bertz CT molecular complexity index is 890. The number of amides is 2. The summed E-state index contributed by atoms with van der Waals surface area (Å²) >= 11 is 1.63. The summed E-state index contributed by atoms with van der Waals surface area (Å²) in [7, 11) is 0. The standard InChI is InChI=1S/C22H27N5O2S/c28-20-3-1-2-19-17-6-18(12-26(11-17)10-16-7-23-14-24-8-16)21(27(19)20)22(29)25-9-15-4-5-30-13-15/h4-5,7-8,13-14,17-19,21H,1-3,6,9-12H2,(H,25,29)/t17-,18+,19+,21-/m1/s1. The van der Waals surface area contributed by atoms with E-state index in [4.69, 9.17) is 0 Å². The zero-order chi connectivity index (χ0) is 20.5. The highest BCUT2D eigenvalue weighted by molar-refractivity contribution is 7.07. The molecule has 8 heteroatoms. The number of thiophene rings is 1. The SMILES string of the molecule is O=C(NCc1ccsc1)[C@H]1[C@H]2C[C@H](CN(Cc3cncnc3)C2)[C@@H]2CCCC(=O)N21. The molecule has 2 amide bonds. The van der Waals surface area contributed by atoms with E-state index >= 15 is 0 Å². The van der Waals surface area contributed by atoms with Crippen LogP contribution in [0.2, 0.25) is 0 Å². The zero-order valence-corrected chi connectivity index (χ0v) is 17.8. The quantitative estimate of drug-likeness (QED) is 0.793. The predicted molar refractivity (Wildman–Crippen MR) is 113 cm³/mol. The third-order valence-corrected chi connectivity index (χ3v) is 7.48. The monoisotopic (exact) mass is 425 g/mol. The highest BCUT2D eigenvalue weighted by Gasteiger charge is 2.51. The fourth-order valence-corrected chi connectivity index (χ4v) is 6.25. The van der Waals surface area contributed by atoms with Crippen molar-refractivity contribution >= 4 is 23.2 Å². The van der Waals surface area contributed by atoms with Gasteiger partial charge in [-0.05, 0) is 47.6 Å². The number of carbonyl (C=O) groups excluding carboxylic acids is 2. The van der Waals surface area contributed by atoms with Crippen molar-refractivity contribution in [1.29, 1.82) is 0 Å². The summed E-state index contributed by atoms with van der Waals surface area (Å²) in [5.74, 6) is 0.740. The van der Waals surface area contributed by atoms with Crippen molar-refractivity contribution in [2.24, 2.45) is 11.8 Å². The molecule has 5 rings (SSSR count). The van der Waals surface area contributed by atoms with Crippen LogP contribution >= 0.6 is 11.3 Å². The molecular formula is C22H27N5O2S. The second kappa shape index (κ2) is 8.43. The average molecular weight is 426 g/mol. The first-order chi connectivity index (χ1) is 14.7. The maximum Gasteiger partial charge on any atom is 0.243 e. The van der Waals surface area contributed by atoms with Crippen molar-refractivity contribution in [3.63, 3.8) is 0 Å². The van der Waals surface area contributed by atoms with Gasteiger partial charge in [-0.3, -0.25) is 14.5 Å². The maximum absolute atomic E-state index is 13.3. The van der Waals surface area contributed by atoms with Gasteiger partial charge in [-0.2, -0.15) is 11.3 Å². The Morgan fingerprint density at radius 1 is 1.20 bits per heavy atom. The molecule has 3 aliphatic heterocycles. The smallest absolute Gasteiger partial charge is 0.243 e. The van der Waals surface area contributed by atoms with Gasteiger partial charge in [0.25, 0.3) is 0 Å². The highest BCUT2D eigenvalue weighted by atomic mass is 32.1. The number of likely N-dealkylation sites (tertiary alicyclic amines) is 1. The Kier molecular flexibility index (Phi) is 5.52. The van der Waals surface area contributed by atoms with Crippen LogP contribution in [0.4, 0.5) is 0 Å². The van der Waals surface area contributed by atoms with E-state index in [0.29, 0.717) is 18.9 Å². The van der Waals surface area contributed by atoms with Gasteiger partial charge in [0, 0.05) is 62.5 Å². The van der Waals surface area contributed by atoms with Gasteiger partial charge >= 0.3 is 0 Å². The summed E-state index contributed by atoms with van der Waals surface area (Å²) < 4.78 is 0. The zero-order valence-electron chi connectivity index (χ0n) is 16.9. The lowest BCUT2D eigenvalue weighted by Gasteiger charge is -2.55. The lowest BCUT2D eigenvalue weighted by molar-refractivity contribution is -0.160. The summed E-state index contributed by atoms with van der Waals surface area (Å²) in [6.07, 6.45) is 8.78. The molecule has 1 N–H and O–H groups in total. The summed E-state index contributed by atoms with van der Waals surface area (Å²) in [6, 6.07) is 1.84. The molecule has 3 fully saturated rings. The second-order valence-electron chi connectivity index (χ2n) is 8.75. The fourth-order valence-electron chi connectivity index (χ4n) is 5.58. The number of hydrogen-bond donors (Lipinski definition) is 1. The molecule has 158 valence electrons. The van der Waals surface area contributed by atoms with Crippen molar-refractivity contribution < 1.29 is 9.59 Å². The van der Waals surface area contributed by atoms with Gasteiger partial charge in [0.2, 0.25) is 11.8 Å². The van der Waals surface area contributed by atoms with Crippen LogP contribution in [0.5, 0.6) is 0 Å². The maximum atomic E-state index is 13.3. The molecule has 0 aliphatic carbocycles. The lowest BCUT2D eigenvalue weighted by Crippen LogP contribution is -2.68. The highest BCUT2D eigenvalue weighted by Crippen LogP contribution is 2.42. The average Bonchev–Trinajstić information content (AvgIpc) is 3.27. The van der Waals surface area contributed by atoms with E-state index in [9.17, 15) is 9.59 Å². The summed E-state index contributed by atoms with van der Waals surface area (Å²) in [6.45, 7) is 3.09. The van der Waals surface area contributed by atoms with Crippen LogP contribution in [-0.4, -0.2) is 56.8 Å². The van der Waals surface area contributed by atoms with Crippen LogP contribution in [0.25, 0.3) is 0 Å². The molecular weight excluding hydrogens is 398 g/mol. The van der Waals surface area contributed by atoms with Crippen molar-refractivity contribution in [3.05, 3.63) is 46.7 Å². The lowest BCUT2D eigenvalue weighted by atomic mass is 9.71. The largest absolute Gasteiger partial charge is 0.350 e. The number of carbonyl (C=O) groups is 2. The van der Waals surface area contributed by atoms with Crippen LogP contribution in [0.1, 0.15) is 36.8 Å². The van der Waals surface area contributed by atoms with Crippen molar-refractivity contribution in [3.8, 4) is 0 Å². The fraction of sp³-hybridized carbons (Fsp3) is 0.545. The minimum Gasteiger partial charge on any atom is -0.350 e. The van der Waals surface area contributed by atoms with Gasteiger partial charge in [0.05, 0.1) is 0 Å². The molecule has 2 aromatic rings. The van der Waals surface area contributed by atoms with E-state index in [0.717, 1.165) is 50.0 Å². The number of nitrogens with zero attached hydrogens (tertiary/aromatic N) is 4. The first-order valence-corrected chi connectivity index (χ1v) is 11.7. The molecule has 2 aromatic heterocycles. The minimum atomic E-state index is -0.368. The Morgan fingerprint density at radius 3 is 2.83 bits per heavy atom. The Morgan fingerprint density at radius 2 is 2.03 bits per heavy atom. The van der Waals surface area contributed by atoms with Gasteiger partial charge in [-0.1, -0.05) is 0 Å². The molecule has 0 aromatic carbocycles. The minimum absolute atomic E-state index is 0.00482. The number of piperidine rings is 3. The van der Waals surface area contributed by atoms with E-state index in [1.165, 1.54) is 0 Å². The first-order valence-electron chi connectivity index (χ1n) is 10.7. The molecule has 2 bridgehead atoms. The topological polar surface area (TPSA) is 78.4 Å². The van der Waals surface area contributed by atoms with E-state index in [1.807, 2.05) is 28.7 Å². The van der Waals surface area contributed by atoms with E-state index < -0.39 is 0 Å². The van der Waals surface area contributed by atoms with Crippen LogP contribution in [0.15, 0.2) is 35.5 Å². The van der Waals surface area contributed by atoms with Crippen molar-refractivity contribution in [1.82, 2.24) is 25.1 Å². The Labute approximate surface area is 180 Å². The number of rotatable bonds is 5. The Hall–Kier alpha value is -2.32. The molecule has 0 saturated carbocycles. The van der Waals surface area contributed by atoms with Crippen LogP contribution in [0.3, 0.4) is 0 Å². The molecule has 0 radical (unpaired) electrons. The van der Waals surface area contributed by atoms with Crippen molar-refractivity contribution in [2.75, 3.05) is 13.1 Å². The van der Waals surface area contributed by atoms with E-state index in [1.54, 1.807) is 17.7 Å². The van der Waals surface area contributed by atoms with Gasteiger partial charge in [-0.15, -0.1) is 0 Å². The van der Waals surface area contributed by atoms with E-state index in [2.05, 4.69) is 25.6 Å². The number of fused-ring (bicyclic) bond motifs is 4. The molecule has 4 atom stereocenters. The van der Waals surface area contributed by atoms with Crippen LogP contribution < -0.4 is 5.32 Å². The predicted octanol–water partition coefficient (Wildman–Crippen LogP) is 2.06. The van der Waals surface area contributed by atoms with Gasteiger partial charge in [0.15, 0.2) is 0 Å². The summed E-state index contributed by atoms with van der Waals surface area (Å²) in [5.41, 5.74) is 2.20. The molecule has 3 aliphatic rings. The first kappa shape index (κ1) is 19.6. The van der Waals surface area contributed by atoms with Gasteiger partial charge in [0.1, 0.15) is 12.4 Å². The third-order valence-electron chi connectivity index (χ3n) is 6.75. The van der Waals surface area contributed by atoms with E-state index in [-0.39, 0.29) is 29.8 Å². The normalized spacial score (nSPS) is 28.8. The third kappa shape index (κ3) is 3.86. The molecule has 0 unspecified atom stereocenters. The van der Waals surface area contributed by atoms with Gasteiger partial charge < -0.3 is 10.2 Å².